The van der Waals surface area contributed by atoms with Crippen LogP contribution in [0.2, 0.25) is 0 Å². The molecule has 1 fully saturated rings. The van der Waals surface area contributed by atoms with Crippen molar-refractivity contribution >= 4 is 17.5 Å². The van der Waals surface area contributed by atoms with E-state index in [1.54, 1.807) is 6.07 Å². The van der Waals surface area contributed by atoms with Crippen molar-refractivity contribution in [3.8, 4) is 0 Å². The molecule has 0 aliphatic carbocycles. The summed E-state index contributed by atoms with van der Waals surface area (Å²) in [7, 11) is 0. The van der Waals surface area contributed by atoms with Crippen LogP contribution < -0.4 is 10.2 Å². The summed E-state index contributed by atoms with van der Waals surface area (Å²) in [6, 6.07) is 1.61. The lowest BCUT2D eigenvalue weighted by Crippen LogP contribution is -2.42. The summed E-state index contributed by atoms with van der Waals surface area (Å²) < 4.78 is 5.36. The Kier molecular flexibility index (Phi) is 4.48. The minimum absolute atomic E-state index is 0.0395. The zero-order chi connectivity index (χ0) is 16.3. The molecule has 1 aromatic rings. The van der Waals surface area contributed by atoms with Crippen LogP contribution in [0.25, 0.3) is 0 Å². The Balaban J connectivity index is 1.99. The van der Waals surface area contributed by atoms with Crippen molar-refractivity contribution < 1.29 is 14.5 Å². The van der Waals surface area contributed by atoms with Gasteiger partial charge in [0.2, 0.25) is 0 Å². The van der Waals surface area contributed by atoms with Crippen molar-refractivity contribution in [2.45, 2.75) is 38.8 Å². The third-order valence-electron chi connectivity index (χ3n) is 3.21. The molecule has 1 atom stereocenters. The molecule has 1 N–H and O–H groups in total. The Hall–Kier alpha value is -2.38. The number of anilines is 1. The largest absolute Gasteiger partial charge is 0.444 e. The normalized spacial score (nSPS) is 18.1. The van der Waals surface area contributed by atoms with Gasteiger partial charge in [0, 0.05) is 24.7 Å². The van der Waals surface area contributed by atoms with E-state index < -0.39 is 11.0 Å². The topological polar surface area (TPSA) is 97.6 Å². The van der Waals surface area contributed by atoms with Gasteiger partial charge in [-0.2, -0.15) is 0 Å². The minimum Gasteiger partial charge on any atom is -0.444 e. The fourth-order valence-electron chi connectivity index (χ4n) is 2.32. The SMILES string of the molecule is CC(C)(C)NC(=O)O[C@@H]1CCN(c2ccncc2[N+](=O)[O-])C1. The van der Waals surface area contributed by atoms with Gasteiger partial charge in [-0.05, 0) is 26.8 Å². The van der Waals surface area contributed by atoms with Gasteiger partial charge in [0.1, 0.15) is 18.0 Å². The van der Waals surface area contributed by atoms with Crippen LogP contribution in [0.5, 0.6) is 0 Å². The number of hydrogen-bond acceptors (Lipinski definition) is 6. The Labute approximate surface area is 128 Å². The molecular formula is C14H20N4O4. The first-order valence-corrected chi connectivity index (χ1v) is 7.08. The van der Waals surface area contributed by atoms with Crippen LogP contribution in [0.4, 0.5) is 16.2 Å². The maximum Gasteiger partial charge on any atom is 0.407 e. The minimum atomic E-state index is -0.469. The van der Waals surface area contributed by atoms with Crippen molar-refractivity contribution in [2.75, 3.05) is 18.0 Å². The highest BCUT2D eigenvalue weighted by atomic mass is 16.6. The predicted octanol–water partition coefficient (Wildman–Crippen LogP) is 2.09. The molecule has 1 amide bonds. The number of amides is 1. The van der Waals surface area contributed by atoms with Gasteiger partial charge in [-0.1, -0.05) is 0 Å². The second kappa shape index (κ2) is 6.17. The van der Waals surface area contributed by atoms with E-state index in [-0.39, 0.29) is 17.3 Å². The van der Waals surface area contributed by atoms with E-state index in [9.17, 15) is 14.9 Å². The Morgan fingerprint density at radius 3 is 2.91 bits per heavy atom. The lowest BCUT2D eigenvalue weighted by Gasteiger charge is -2.22. The predicted molar refractivity (Wildman–Crippen MR) is 80.9 cm³/mol. The number of nitrogens with one attached hydrogen (secondary N) is 1. The number of hydrogen-bond donors (Lipinski definition) is 1. The zero-order valence-electron chi connectivity index (χ0n) is 12.9. The summed E-state index contributed by atoms with van der Waals surface area (Å²) >= 11 is 0. The molecule has 8 nitrogen and oxygen atoms in total. The van der Waals surface area contributed by atoms with E-state index in [1.807, 2.05) is 25.7 Å². The van der Waals surface area contributed by atoms with Crippen molar-refractivity contribution in [1.82, 2.24) is 10.3 Å². The maximum absolute atomic E-state index is 11.8. The third-order valence-corrected chi connectivity index (χ3v) is 3.21. The van der Waals surface area contributed by atoms with E-state index in [4.69, 9.17) is 4.74 Å². The van der Waals surface area contributed by atoms with E-state index >= 15 is 0 Å². The number of nitrogens with zero attached hydrogens (tertiary/aromatic N) is 3. The van der Waals surface area contributed by atoms with E-state index in [1.165, 1.54) is 12.4 Å². The molecule has 8 heteroatoms. The zero-order valence-corrected chi connectivity index (χ0v) is 12.9. The molecule has 0 bridgehead atoms. The molecule has 0 radical (unpaired) electrons. The standard InChI is InChI=1S/C14H20N4O4/c1-14(2,3)16-13(19)22-10-5-7-17(9-10)11-4-6-15-8-12(11)18(20)21/h4,6,8,10H,5,7,9H2,1-3H3,(H,16,19)/t10-/m1/s1. The molecule has 0 aromatic carbocycles. The second-order valence-electron chi connectivity index (χ2n) is 6.26. The molecule has 120 valence electrons. The number of pyridine rings is 1. The van der Waals surface area contributed by atoms with E-state index in [0.29, 0.717) is 25.2 Å². The van der Waals surface area contributed by atoms with Crippen molar-refractivity contribution in [1.29, 1.82) is 0 Å². The first kappa shape index (κ1) is 16.0. The molecule has 22 heavy (non-hydrogen) atoms. The number of aromatic nitrogens is 1. The number of ether oxygens (including phenoxy) is 1. The van der Waals surface area contributed by atoms with Crippen molar-refractivity contribution in [3.05, 3.63) is 28.6 Å². The van der Waals surface area contributed by atoms with Crippen LogP contribution in [0.1, 0.15) is 27.2 Å². The van der Waals surface area contributed by atoms with Crippen LogP contribution in [0.15, 0.2) is 18.5 Å². The smallest absolute Gasteiger partial charge is 0.407 e. The summed E-state index contributed by atoms with van der Waals surface area (Å²) in [6.45, 7) is 6.64. The van der Waals surface area contributed by atoms with Crippen LogP contribution in [-0.2, 0) is 4.74 Å². The average molecular weight is 308 g/mol. The van der Waals surface area contributed by atoms with Crippen LogP contribution in [-0.4, -0.2) is 40.7 Å². The lowest BCUT2D eigenvalue weighted by atomic mass is 10.1. The lowest BCUT2D eigenvalue weighted by molar-refractivity contribution is -0.384. The van der Waals surface area contributed by atoms with Gasteiger partial charge in [-0.15, -0.1) is 0 Å². The fourth-order valence-corrected chi connectivity index (χ4v) is 2.32. The Bertz CT molecular complexity index is 570. The molecule has 1 aliphatic heterocycles. The van der Waals surface area contributed by atoms with Crippen molar-refractivity contribution in [2.24, 2.45) is 0 Å². The number of carbonyl (C=O) groups is 1. The molecule has 0 unspecified atom stereocenters. The summed E-state index contributed by atoms with van der Waals surface area (Å²) in [6.07, 6.45) is 2.63. The first-order valence-electron chi connectivity index (χ1n) is 7.08. The maximum atomic E-state index is 11.8. The second-order valence-corrected chi connectivity index (χ2v) is 6.26. The monoisotopic (exact) mass is 308 g/mol. The highest BCUT2D eigenvalue weighted by molar-refractivity contribution is 5.68. The van der Waals surface area contributed by atoms with Gasteiger partial charge in [0.15, 0.2) is 0 Å². The molecular weight excluding hydrogens is 288 g/mol. The summed E-state index contributed by atoms with van der Waals surface area (Å²) in [5, 5.41) is 13.8. The highest BCUT2D eigenvalue weighted by Gasteiger charge is 2.30. The highest BCUT2D eigenvalue weighted by Crippen LogP contribution is 2.30. The van der Waals surface area contributed by atoms with Gasteiger partial charge < -0.3 is 15.0 Å². The van der Waals surface area contributed by atoms with E-state index in [0.717, 1.165) is 0 Å². The molecule has 1 saturated heterocycles. The Morgan fingerprint density at radius 2 is 2.27 bits per heavy atom. The number of carbonyl (C=O) groups excluding carboxylic acids is 1. The molecule has 2 heterocycles. The van der Waals surface area contributed by atoms with Crippen LogP contribution in [0, 0.1) is 10.1 Å². The van der Waals surface area contributed by atoms with Crippen LogP contribution in [0.3, 0.4) is 0 Å². The Morgan fingerprint density at radius 1 is 1.55 bits per heavy atom. The summed E-state index contributed by atoms with van der Waals surface area (Å²) in [4.78, 5) is 28.0. The molecule has 1 aliphatic rings. The summed E-state index contributed by atoms with van der Waals surface area (Å²) in [5.74, 6) is 0. The number of nitro groups is 1. The number of rotatable bonds is 3. The quantitative estimate of drug-likeness (QED) is 0.678. The molecule has 2 rings (SSSR count). The average Bonchev–Trinajstić information content (AvgIpc) is 2.84. The molecule has 1 aromatic heterocycles. The van der Waals surface area contributed by atoms with Crippen molar-refractivity contribution in [3.63, 3.8) is 0 Å². The van der Waals surface area contributed by atoms with Crippen LogP contribution >= 0.6 is 0 Å². The molecule has 0 saturated carbocycles. The van der Waals surface area contributed by atoms with Gasteiger partial charge in [0.25, 0.3) is 0 Å². The van der Waals surface area contributed by atoms with E-state index in [2.05, 4.69) is 10.3 Å². The molecule has 0 spiro atoms. The van der Waals surface area contributed by atoms with Gasteiger partial charge in [-0.25, -0.2) is 4.79 Å². The van der Waals surface area contributed by atoms with Gasteiger partial charge >= 0.3 is 11.8 Å². The number of alkyl carbamates (subject to hydrolysis) is 1. The van der Waals surface area contributed by atoms with Gasteiger partial charge in [0.05, 0.1) is 11.5 Å². The fraction of sp³-hybridized carbons (Fsp3) is 0.571. The summed E-state index contributed by atoms with van der Waals surface area (Å²) in [5.41, 5.74) is 0.101. The first-order chi connectivity index (χ1) is 10.3. The van der Waals surface area contributed by atoms with Gasteiger partial charge in [-0.3, -0.25) is 15.1 Å². The third kappa shape index (κ3) is 4.06.